The molecule has 1 amide bonds. The smallest absolute Gasteiger partial charge is 0.255 e. The molecule has 1 aromatic heterocycles. The first-order valence-electron chi connectivity index (χ1n) is 6.61. The molecule has 6 nitrogen and oxygen atoms in total. The first-order chi connectivity index (χ1) is 9.43. The van der Waals surface area contributed by atoms with E-state index < -0.39 is 15.3 Å². The summed E-state index contributed by atoms with van der Waals surface area (Å²) in [6, 6.07) is 3.43. The van der Waals surface area contributed by atoms with E-state index in [4.69, 9.17) is 0 Å². The number of rotatable bonds is 3. The Morgan fingerprint density at radius 1 is 1.25 bits per heavy atom. The first-order valence-corrected chi connectivity index (χ1v) is 8.11. The molecule has 0 saturated carbocycles. The Labute approximate surface area is 119 Å². The normalized spacial score (nSPS) is 17.4. The van der Waals surface area contributed by atoms with Gasteiger partial charge in [-0.3, -0.25) is 9.78 Å². The molecule has 0 spiro atoms. The van der Waals surface area contributed by atoms with E-state index in [2.05, 4.69) is 4.98 Å². The minimum atomic E-state index is -3.23. The van der Waals surface area contributed by atoms with Crippen molar-refractivity contribution in [2.75, 3.05) is 26.2 Å². The molecule has 1 aliphatic rings. The highest BCUT2D eigenvalue weighted by atomic mass is 32.2. The van der Waals surface area contributed by atoms with Crippen molar-refractivity contribution in [3.63, 3.8) is 0 Å². The third-order valence-corrected chi connectivity index (χ3v) is 5.67. The lowest BCUT2D eigenvalue weighted by Gasteiger charge is -2.34. The maximum absolute atomic E-state index is 12.2. The zero-order valence-electron chi connectivity index (χ0n) is 11.7. The maximum atomic E-state index is 12.2. The second kappa shape index (κ2) is 5.88. The van der Waals surface area contributed by atoms with Crippen molar-refractivity contribution >= 4 is 15.9 Å². The summed E-state index contributed by atoms with van der Waals surface area (Å²) in [6.07, 6.45) is 3.14. The first kappa shape index (κ1) is 14.9. The Morgan fingerprint density at radius 3 is 2.40 bits per heavy atom. The van der Waals surface area contributed by atoms with Gasteiger partial charge >= 0.3 is 0 Å². The average molecular weight is 297 g/mol. The fraction of sp³-hybridized carbons (Fsp3) is 0.538. The number of nitrogens with zero attached hydrogens (tertiary/aromatic N) is 3. The molecule has 2 rings (SSSR count). The van der Waals surface area contributed by atoms with Gasteiger partial charge in [0, 0.05) is 38.6 Å². The summed E-state index contributed by atoms with van der Waals surface area (Å²) in [5.74, 6) is -0.0975. The molecule has 0 atom stereocenters. The van der Waals surface area contributed by atoms with Crippen LogP contribution in [0.2, 0.25) is 0 Å². The van der Waals surface area contributed by atoms with Gasteiger partial charge in [-0.15, -0.1) is 0 Å². The third-order valence-electron chi connectivity index (χ3n) is 3.39. The van der Waals surface area contributed by atoms with Crippen LogP contribution in [0.1, 0.15) is 24.2 Å². The van der Waals surface area contributed by atoms with Crippen LogP contribution in [0.5, 0.6) is 0 Å². The number of sulfonamides is 1. The molecule has 1 aromatic rings. The van der Waals surface area contributed by atoms with Gasteiger partial charge in [-0.1, -0.05) is 0 Å². The molecule has 110 valence electrons. The molecule has 0 radical (unpaired) electrons. The number of carbonyl (C=O) groups excluding carboxylic acids is 1. The fourth-order valence-electron chi connectivity index (χ4n) is 2.12. The van der Waals surface area contributed by atoms with Gasteiger partial charge in [0.05, 0.1) is 10.8 Å². The molecule has 1 aliphatic heterocycles. The lowest BCUT2D eigenvalue weighted by atomic mass is 10.2. The SMILES string of the molecule is CC(C)S(=O)(=O)N1CCN(C(=O)c2cccnc2)CC1. The minimum absolute atomic E-state index is 0.0975. The number of amides is 1. The van der Waals surface area contributed by atoms with Crippen molar-refractivity contribution in [1.82, 2.24) is 14.2 Å². The van der Waals surface area contributed by atoms with E-state index in [0.29, 0.717) is 31.7 Å². The lowest BCUT2D eigenvalue weighted by Crippen LogP contribution is -2.51. The topological polar surface area (TPSA) is 70.6 Å². The van der Waals surface area contributed by atoms with E-state index in [1.54, 1.807) is 37.1 Å². The van der Waals surface area contributed by atoms with Gasteiger partial charge in [0.15, 0.2) is 0 Å². The quantitative estimate of drug-likeness (QED) is 0.818. The number of aromatic nitrogens is 1. The van der Waals surface area contributed by atoms with Crippen LogP contribution >= 0.6 is 0 Å². The van der Waals surface area contributed by atoms with Crippen LogP contribution < -0.4 is 0 Å². The molecular weight excluding hydrogens is 278 g/mol. The van der Waals surface area contributed by atoms with E-state index in [-0.39, 0.29) is 5.91 Å². The summed E-state index contributed by atoms with van der Waals surface area (Å²) >= 11 is 0. The van der Waals surface area contributed by atoms with E-state index in [0.717, 1.165) is 0 Å². The van der Waals surface area contributed by atoms with Crippen LogP contribution in [0.15, 0.2) is 24.5 Å². The zero-order chi connectivity index (χ0) is 14.8. The predicted octanol–water partition coefficient (Wildman–Crippen LogP) is 0.578. The summed E-state index contributed by atoms with van der Waals surface area (Å²) in [7, 11) is -3.23. The summed E-state index contributed by atoms with van der Waals surface area (Å²) in [4.78, 5) is 17.8. The highest BCUT2D eigenvalue weighted by Gasteiger charge is 2.30. The Hall–Kier alpha value is -1.47. The van der Waals surface area contributed by atoms with Crippen molar-refractivity contribution in [2.45, 2.75) is 19.1 Å². The standard InChI is InChI=1S/C13H19N3O3S/c1-11(2)20(18,19)16-8-6-15(7-9-16)13(17)12-4-3-5-14-10-12/h3-5,10-11H,6-9H2,1-2H3. The van der Waals surface area contributed by atoms with E-state index in [1.807, 2.05) is 0 Å². The van der Waals surface area contributed by atoms with Crippen molar-refractivity contribution in [3.8, 4) is 0 Å². The molecular formula is C13H19N3O3S. The number of piperazine rings is 1. The molecule has 1 saturated heterocycles. The third kappa shape index (κ3) is 2.99. The van der Waals surface area contributed by atoms with Crippen LogP contribution in [0.25, 0.3) is 0 Å². The largest absolute Gasteiger partial charge is 0.336 e. The maximum Gasteiger partial charge on any atom is 0.255 e. The number of carbonyl (C=O) groups is 1. The van der Waals surface area contributed by atoms with Gasteiger partial charge in [0.25, 0.3) is 5.91 Å². The van der Waals surface area contributed by atoms with Gasteiger partial charge in [0.1, 0.15) is 0 Å². The summed E-state index contributed by atoms with van der Waals surface area (Å²) in [5.41, 5.74) is 0.535. The second-order valence-corrected chi connectivity index (χ2v) is 7.52. The average Bonchev–Trinajstić information content (AvgIpc) is 2.47. The van der Waals surface area contributed by atoms with E-state index >= 15 is 0 Å². The van der Waals surface area contributed by atoms with Crippen LogP contribution in [0.4, 0.5) is 0 Å². The molecule has 7 heteroatoms. The number of hydrogen-bond acceptors (Lipinski definition) is 4. The molecule has 2 heterocycles. The lowest BCUT2D eigenvalue weighted by molar-refractivity contribution is 0.0697. The van der Waals surface area contributed by atoms with E-state index in [1.165, 1.54) is 10.5 Å². The van der Waals surface area contributed by atoms with Crippen molar-refractivity contribution in [2.24, 2.45) is 0 Å². The molecule has 0 N–H and O–H groups in total. The fourth-order valence-corrected chi connectivity index (χ4v) is 3.38. The summed E-state index contributed by atoms with van der Waals surface area (Å²) in [5, 5.41) is -0.428. The van der Waals surface area contributed by atoms with Crippen molar-refractivity contribution in [1.29, 1.82) is 0 Å². The molecule has 0 aliphatic carbocycles. The Morgan fingerprint density at radius 2 is 1.90 bits per heavy atom. The van der Waals surface area contributed by atoms with Crippen LogP contribution in [-0.2, 0) is 10.0 Å². The predicted molar refractivity (Wildman–Crippen MR) is 75.8 cm³/mol. The van der Waals surface area contributed by atoms with Gasteiger partial charge in [-0.05, 0) is 26.0 Å². The highest BCUT2D eigenvalue weighted by Crippen LogP contribution is 2.14. The highest BCUT2D eigenvalue weighted by molar-refractivity contribution is 7.89. The Bertz CT molecular complexity index is 564. The number of hydrogen-bond donors (Lipinski definition) is 0. The van der Waals surface area contributed by atoms with Gasteiger partial charge < -0.3 is 4.90 Å². The molecule has 0 bridgehead atoms. The van der Waals surface area contributed by atoms with E-state index in [9.17, 15) is 13.2 Å². The van der Waals surface area contributed by atoms with Crippen LogP contribution in [-0.4, -0.2) is 59.9 Å². The number of pyridine rings is 1. The van der Waals surface area contributed by atoms with Crippen LogP contribution in [0.3, 0.4) is 0 Å². The summed E-state index contributed by atoms with van der Waals surface area (Å²) < 4.78 is 25.6. The molecule has 1 fully saturated rings. The summed E-state index contributed by atoms with van der Waals surface area (Å²) in [6.45, 7) is 4.88. The Kier molecular flexibility index (Phi) is 4.39. The van der Waals surface area contributed by atoms with Gasteiger partial charge in [-0.2, -0.15) is 4.31 Å². The molecule has 0 unspecified atom stereocenters. The Balaban J connectivity index is 2.00. The monoisotopic (exact) mass is 297 g/mol. The van der Waals surface area contributed by atoms with Crippen molar-refractivity contribution in [3.05, 3.63) is 30.1 Å². The molecule has 0 aromatic carbocycles. The minimum Gasteiger partial charge on any atom is -0.336 e. The second-order valence-electron chi connectivity index (χ2n) is 5.03. The van der Waals surface area contributed by atoms with Gasteiger partial charge in [-0.25, -0.2) is 8.42 Å². The van der Waals surface area contributed by atoms with Gasteiger partial charge in [0.2, 0.25) is 10.0 Å². The van der Waals surface area contributed by atoms with Crippen LogP contribution in [0, 0.1) is 0 Å². The zero-order valence-corrected chi connectivity index (χ0v) is 12.5. The molecule has 20 heavy (non-hydrogen) atoms. The van der Waals surface area contributed by atoms with Crippen molar-refractivity contribution < 1.29 is 13.2 Å².